The maximum atomic E-state index is 10.1. The molecule has 5 heteroatoms. The van der Waals surface area contributed by atoms with Crippen LogP contribution in [0.2, 0.25) is 0 Å². The molecule has 4 N–H and O–H groups in total. The van der Waals surface area contributed by atoms with Crippen LogP contribution in [-0.2, 0) is 0 Å². The molecular formula is C19H22N4O. The smallest absolute Gasteiger partial charge is 0.165 e. The van der Waals surface area contributed by atoms with Gasteiger partial charge in [-0.25, -0.2) is 9.97 Å². The van der Waals surface area contributed by atoms with E-state index in [1.54, 1.807) is 12.1 Å². The molecule has 1 heterocycles. The van der Waals surface area contributed by atoms with Gasteiger partial charge in [0.15, 0.2) is 5.82 Å². The molecule has 124 valence electrons. The van der Waals surface area contributed by atoms with E-state index in [2.05, 4.69) is 29.1 Å². The lowest BCUT2D eigenvalue weighted by molar-refractivity contribution is 0.477. The molecule has 0 aliphatic carbocycles. The zero-order valence-electron chi connectivity index (χ0n) is 13.9. The molecule has 3 rings (SSSR count). The topological polar surface area (TPSA) is 84.1 Å². The summed E-state index contributed by atoms with van der Waals surface area (Å²) in [6.45, 7) is 4.81. The summed E-state index contributed by atoms with van der Waals surface area (Å²) in [7, 11) is 0. The molecule has 5 nitrogen and oxygen atoms in total. The maximum absolute atomic E-state index is 10.1. The fourth-order valence-electron chi connectivity index (χ4n) is 2.44. The molecule has 0 saturated carbocycles. The van der Waals surface area contributed by atoms with E-state index in [1.807, 2.05) is 36.4 Å². The summed E-state index contributed by atoms with van der Waals surface area (Å²) < 4.78 is 0. The number of nitrogens with one attached hydrogen (secondary N) is 1. The Morgan fingerprint density at radius 1 is 1.04 bits per heavy atom. The van der Waals surface area contributed by atoms with Gasteiger partial charge in [-0.2, -0.15) is 0 Å². The maximum Gasteiger partial charge on any atom is 0.165 e. The zero-order chi connectivity index (χ0) is 17.1. The Kier molecular flexibility index (Phi) is 4.62. The van der Waals surface area contributed by atoms with Crippen LogP contribution >= 0.6 is 0 Å². The van der Waals surface area contributed by atoms with E-state index < -0.39 is 0 Å². The van der Waals surface area contributed by atoms with Crippen molar-refractivity contribution in [1.82, 2.24) is 9.97 Å². The first-order valence-corrected chi connectivity index (χ1v) is 8.11. The van der Waals surface area contributed by atoms with Crippen molar-refractivity contribution in [1.29, 1.82) is 0 Å². The highest BCUT2D eigenvalue weighted by Crippen LogP contribution is 2.29. The molecule has 1 aromatic heterocycles. The van der Waals surface area contributed by atoms with Crippen molar-refractivity contribution < 1.29 is 5.11 Å². The van der Waals surface area contributed by atoms with Gasteiger partial charge in [-0.3, -0.25) is 0 Å². The summed E-state index contributed by atoms with van der Waals surface area (Å²) in [5.41, 5.74) is 7.57. The summed E-state index contributed by atoms with van der Waals surface area (Å²) in [4.78, 5) is 9.21. The van der Waals surface area contributed by atoms with Crippen molar-refractivity contribution in [3.8, 4) is 17.1 Å². The Hall–Kier alpha value is -2.66. The van der Waals surface area contributed by atoms with Crippen molar-refractivity contribution in [2.24, 2.45) is 11.7 Å². The van der Waals surface area contributed by atoms with Crippen LogP contribution in [0.15, 0.2) is 48.5 Å². The number of para-hydroxylation sites is 2. The van der Waals surface area contributed by atoms with E-state index in [1.165, 1.54) is 0 Å². The lowest BCUT2D eigenvalue weighted by atomic mass is 10.1. The second-order valence-corrected chi connectivity index (χ2v) is 6.22. The van der Waals surface area contributed by atoms with E-state index in [0.29, 0.717) is 23.9 Å². The van der Waals surface area contributed by atoms with Gasteiger partial charge in [0, 0.05) is 18.0 Å². The van der Waals surface area contributed by atoms with Crippen LogP contribution in [0, 0.1) is 5.92 Å². The van der Waals surface area contributed by atoms with Gasteiger partial charge in [-0.05, 0) is 30.2 Å². The van der Waals surface area contributed by atoms with Crippen molar-refractivity contribution in [2.75, 3.05) is 11.9 Å². The van der Waals surface area contributed by atoms with Crippen molar-refractivity contribution in [3.63, 3.8) is 0 Å². The third kappa shape index (κ3) is 3.31. The number of nitrogens with zero attached hydrogens (tertiary/aromatic N) is 2. The van der Waals surface area contributed by atoms with Crippen molar-refractivity contribution in [2.45, 2.75) is 19.9 Å². The lowest BCUT2D eigenvalue weighted by Gasteiger charge is -2.18. The molecule has 0 radical (unpaired) electrons. The molecular weight excluding hydrogens is 300 g/mol. The molecule has 0 aliphatic heterocycles. The summed E-state index contributed by atoms with van der Waals surface area (Å²) in [5.74, 6) is 1.77. The molecule has 1 atom stereocenters. The molecule has 0 spiro atoms. The van der Waals surface area contributed by atoms with Gasteiger partial charge in [0.05, 0.1) is 11.1 Å². The van der Waals surface area contributed by atoms with Crippen LogP contribution in [0.5, 0.6) is 5.75 Å². The van der Waals surface area contributed by atoms with E-state index in [9.17, 15) is 5.11 Å². The Morgan fingerprint density at radius 2 is 1.75 bits per heavy atom. The largest absolute Gasteiger partial charge is 0.507 e. The van der Waals surface area contributed by atoms with Crippen LogP contribution in [0.25, 0.3) is 22.3 Å². The van der Waals surface area contributed by atoms with Crippen LogP contribution in [0.3, 0.4) is 0 Å². The predicted octanol–water partition coefficient (Wildman–Crippen LogP) is 3.40. The Balaban J connectivity index is 2.05. The third-order valence-electron chi connectivity index (χ3n) is 4.11. The number of nitrogens with two attached hydrogens (primary N) is 1. The number of aromatic hydroxyl groups is 1. The molecule has 0 fully saturated rings. The minimum atomic E-state index is 0.0345. The van der Waals surface area contributed by atoms with Crippen LogP contribution in [0.4, 0.5) is 5.82 Å². The van der Waals surface area contributed by atoms with Crippen molar-refractivity contribution >= 4 is 16.7 Å². The first kappa shape index (κ1) is 16.2. The number of fused-ring (bicyclic) bond motifs is 1. The second kappa shape index (κ2) is 6.84. The van der Waals surface area contributed by atoms with E-state index in [4.69, 9.17) is 5.73 Å². The molecule has 0 bridgehead atoms. The number of anilines is 1. The molecule has 0 unspecified atom stereocenters. The minimum Gasteiger partial charge on any atom is -0.507 e. The first-order chi connectivity index (χ1) is 11.6. The number of phenols is 1. The highest BCUT2D eigenvalue weighted by Gasteiger charge is 2.13. The molecule has 24 heavy (non-hydrogen) atoms. The van der Waals surface area contributed by atoms with Gasteiger partial charge >= 0.3 is 0 Å². The highest BCUT2D eigenvalue weighted by atomic mass is 16.3. The van der Waals surface area contributed by atoms with Gasteiger partial charge in [-0.15, -0.1) is 0 Å². The summed E-state index contributed by atoms with van der Waals surface area (Å²) in [6.07, 6.45) is 0. The van der Waals surface area contributed by atoms with Gasteiger partial charge < -0.3 is 16.2 Å². The Morgan fingerprint density at radius 3 is 2.50 bits per heavy atom. The number of hydrogen-bond donors (Lipinski definition) is 3. The average molecular weight is 322 g/mol. The van der Waals surface area contributed by atoms with Crippen LogP contribution < -0.4 is 11.1 Å². The molecule has 0 saturated heterocycles. The normalized spacial score (nSPS) is 12.5. The standard InChI is InChI=1S/C19H22N4O/c1-12(2)15(20)11-21-18-13-7-3-5-9-16(13)22-19(23-18)14-8-4-6-10-17(14)24/h3-10,12,15,24H,11,20H2,1-2H3,(H,21,22,23)/t15-/m1/s1. The third-order valence-corrected chi connectivity index (χ3v) is 4.11. The van der Waals surface area contributed by atoms with E-state index >= 15 is 0 Å². The van der Waals surface area contributed by atoms with Gasteiger partial charge in [0.2, 0.25) is 0 Å². The first-order valence-electron chi connectivity index (χ1n) is 8.11. The second-order valence-electron chi connectivity index (χ2n) is 6.22. The average Bonchev–Trinajstić information content (AvgIpc) is 2.59. The molecule has 3 aromatic rings. The number of benzene rings is 2. The van der Waals surface area contributed by atoms with E-state index in [0.717, 1.165) is 16.7 Å². The zero-order valence-corrected chi connectivity index (χ0v) is 13.9. The fraction of sp³-hybridized carbons (Fsp3) is 0.263. The van der Waals surface area contributed by atoms with Gasteiger partial charge in [-0.1, -0.05) is 38.1 Å². The summed E-state index contributed by atoms with van der Waals surface area (Å²) in [5, 5.41) is 14.4. The van der Waals surface area contributed by atoms with Crippen LogP contribution in [0.1, 0.15) is 13.8 Å². The number of rotatable bonds is 5. The van der Waals surface area contributed by atoms with Crippen LogP contribution in [-0.4, -0.2) is 27.7 Å². The monoisotopic (exact) mass is 322 g/mol. The van der Waals surface area contributed by atoms with Crippen molar-refractivity contribution in [3.05, 3.63) is 48.5 Å². The molecule has 0 amide bonds. The quantitative estimate of drug-likeness (QED) is 0.670. The SMILES string of the molecule is CC(C)[C@H](N)CNc1nc(-c2ccccc2O)nc2ccccc12. The highest BCUT2D eigenvalue weighted by molar-refractivity contribution is 5.90. The minimum absolute atomic E-state index is 0.0345. The Bertz CT molecular complexity index is 848. The number of phenolic OH excluding ortho intramolecular Hbond substituents is 1. The summed E-state index contributed by atoms with van der Waals surface area (Å²) in [6, 6.07) is 14.9. The molecule has 2 aromatic carbocycles. The number of hydrogen-bond acceptors (Lipinski definition) is 5. The van der Waals surface area contributed by atoms with E-state index in [-0.39, 0.29) is 11.8 Å². The predicted molar refractivity (Wildman–Crippen MR) is 97.9 cm³/mol. The number of aromatic nitrogens is 2. The Labute approximate surface area is 141 Å². The van der Waals surface area contributed by atoms with Gasteiger partial charge in [0.25, 0.3) is 0 Å². The fourth-order valence-corrected chi connectivity index (χ4v) is 2.44. The van der Waals surface area contributed by atoms with Gasteiger partial charge in [0.1, 0.15) is 11.6 Å². The molecule has 0 aliphatic rings. The lowest BCUT2D eigenvalue weighted by Crippen LogP contribution is -2.34. The summed E-state index contributed by atoms with van der Waals surface area (Å²) >= 11 is 0.